The predicted octanol–water partition coefficient (Wildman–Crippen LogP) is 0.876. The van der Waals surface area contributed by atoms with Gasteiger partial charge in [0, 0.05) is 11.8 Å². The molecule has 0 aliphatic heterocycles. The number of nitrogens with one attached hydrogen (secondary N) is 2. The predicted molar refractivity (Wildman–Crippen MR) is 74.3 cm³/mol. The van der Waals surface area contributed by atoms with Gasteiger partial charge >= 0.3 is 0 Å². The van der Waals surface area contributed by atoms with Crippen LogP contribution in [0.25, 0.3) is 0 Å². The van der Waals surface area contributed by atoms with Crippen LogP contribution >= 0.6 is 11.8 Å². The second kappa shape index (κ2) is 5.93. The fraction of sp³-hybridized carbons (Fsp3) is 0.250. The summed E-state index contributed by atoms with van der Waals surface area (Å²) in [6.07, 6.45) is 0. The van der Waals surface area contributed by atoms with Crippen LogP contribution in [-0.4, -0.2) is 15.9 Å². The van der Waals surface area contributed by atoms with Crippen LogP contribution in [0.15, 0.2) is 26.5 Å². The van der Waals surface area contributed by atoms with Crippen molar-refractivity contribution in [1.29, 1.82) is 0 Å². The molecule has 2 aromatic heterocycles. The van der Waals surface area contributed by atoms with E-state index in [1.54, 1.807) is 19.9 Å². The Labute approximate surface area is 118 Å². The topological polar surface area (TPSA) is 114 Å². The molecule has 0 aliphatic carbocycles. The lowest BCUT2D eigenvalue weighted by molar-refractivity contribution is 0.0952. The highest BCUT2D eigenvalue weighted by atomic mass is 32.2. The first-order chi connectivity index (χ1) is 9.49. The highest BCUT2D eigenvalue weighted by Crippen LogP contribution is 2.22. The monoisotopic (exact) mass is 294 g/mol. The molecular weight excluding hydrogens is 280 g/mol. The highest BCUT2D eigenvalue weighted by Gasteiger charge is 2.14. The van der Waals surface area contributed by atoms with Crippen molar-refractivity contribution in [3.63, 3.8) is 0 Å². The van der Waals surface area contributed by atoms with Crippen LogP contribution in [-0.2, 0) is 5.75 Å². The summed E-state index contributed by atoms with van der Waals surface area (Å²) in [5.41, 5.74) is 2.91. The Morgan fingerprint density at radius 2 is 2.25 bits per heavy atom. The maximum absolute atomic E-state index is 11.4. The molecule has 0 aromatic carbocycles. The summed E-state index contributed by atoms with van der Waals surface area (Å²) in [4.78, 5) is 29.6. The molecule has 7 nitrogen and oxygen atoms in total. The van der Waals surface area contributed by atoms with E-state index in [1.165, 1.54) is 17.8 Å². The van der Waals surface area contributed by atoms with E-state index in [2.05, 4.69) is 15.4 Å². The number of furan rings is 1. The number of carbonyl (C=O) groups is 1. The van der Waals surface area contributed by atoms with Crippen LogP contribution < -0.4 is 16.8 Å². The molecule has 0 spiro atoms. The zero-order valence-electron chi connectivity index (χ0n) is 11.0. The van der Waals surface area contributed by atoms with Crippen LogP contribution in [0.1, 0.15) is 27.6 Å². The van der Waals surface area contributed by atoms with Crippen molar-refractivity contribution in [1.82, 2.24) is 15.4 Å². The standard InChI is InChI=1S/C12H14N4O3S/c1-6-3-10(17)15-12(14-6)20-5-8-4-9(7(2)19-8)11(18)16-13/h3-4H,5,13H2,1-2H3,(H,16,18)(H,14,15,17). The normalized spacial score (nSPS) is 10.6. The van der Waals surface area contributed by atoms with Crippen molar-refractivity contribution in [3.05, 3.63) is 45.3 Å². The summed E-state index contributed by atoms with van der Waals surface area (Å²) < 4.78 is 5.46. The number of carbonyl (C=O) groups excluding carboxylic acids is 1. The van der Waals surface area contributed by atoms with Gasteiger partial charge in [0.15, 0.2) is 5.16 Å². The van der Waals surface area contributed by atoms with Crippen molar-refractivity contribution < 1.29 is 9.21 Å². The molecule has 0 atom stereocenters. The maximum Gasteiger partial charge on any atom is 0.268 e. The summed E-state index contributed by atoms with van der Waals surface area (Å²) in [6, 6.07) is 3.04. The molecule has 2 rings (SSSR count). The minimum atomic E-state index is -0.399. The van der Waals surface area contributed by atoms with Crippen molar-refractivity contribution in [2.45, 2.75) is 24.8 Å². The van der Waals surface area contributed by atoms with Crippen LogP contribution in [0.4, 0.5) is 0 Å². The third-order valence-corrected chi connectivity index (χ3v) is 3.44. The molecule has 0 bridgehead atoms. The van der Waals surface area contributed by atoms with E-state index in [-0.39, 0.29) is 5.56 Å². The van der Waals surface area contributed by atoms with Crippen LogP contribution in [0.3, 0.4) is 0 Å². The van der Waals surface area contributed by atoms with Crippen LogP contribution in [0.2, 0.25) is 0 Å². The van der Waals surface area contributed by atoms with Crippen LogP contribution in [0, 0.1) is 13.8 Å². The minimum absolute atomic E-state index is 0.196. The van der Waals surface area contributed by atoms with Gasteiger partial charge in [-0.2, -0.15) is 0 Å². The number of nitrogens with two attached hydrogens (primary N) is 1. The van der Waals surface area contributed by atoms with Gasteiger partial charge in [-0.15, -0.1) is 0 Å². The van der Waals surface area contributed by atoms with E-state index in [1.807, 2.05) is 0 Å². The Morgan fingerprint density at radius 3 is 2.90 bits per heavy atom. The number of nitrogen functional groups attached to an aromatic ring is 1. The number of aromatic nitrogens is 2. The summed E-state index contributed by atoms with van der Waals surface area (Å²) in [7, 11) is 0. The molecule has 8 heteroatoms. The Morgan fingerprint density at radius 1 is 1.50 bits per heavy atom. The van der Waals surface area contributed by atoms with Gasteiger partial charge in [0.1, 0.15) is 11.5 Å². The van der Waals surface area contributed by atoms with E-state index in [0.29, 0.717) is 33.7 Å². The molecule has 4 N–H and O–H groups in total. The zero-order valence-corrected chi connectivity index (χ0v) is 11.8. The number of thioether (sulfide) groups is 1. The van der Waals surface area contributed by atoms with E-state index in [9.17, 15) is 9.59 Å². The first kappa shape index (κ1) is 14.4. The lowest BCUT2D eigenvalue weighted by Gasteiger charge is -1.99. The average Bonchev–Trinajstić information content (AvgIpc) is 2.76. The molecule has 0 saturated heterocycles. The van der Waals surface area contributed by atoms with E-state index in [0.717, 1.165) is 0 Å². The number of amides is 1. The number of aryl methyl sites for hydroxylation is 2. The molecule has 1 amide bonds. The van der Waals surface area contributed by atoms with Gasteiger partial charge in [0.25, 0.3) is 11.5 Å². The molecule has 20 heavy (non-hydrogen) atoms. The Hall–Kier alpha value is -2.06. The fourth-order valence-corrected chi connectivity index (χ4v) is 2.48. The minimum Gasteiger partial charge on any atom is -0.465 e. The third-order valence-electron chi connectivity index (χ3n) is 2.54. The van der Waals surface area contributed by atoms with E-state index >= 15 is 0 Å². The molecule has 0 aliphatic rings. The fourth-order valence-electron chi connectivity index (χ4n) is 1.68. The molecule has 0 saturated carbocycles. The second-order valence-corrected chi connectivity index (χ2v) is 5.10. The van der Waals surface area contributed by atoms with Gasteiger partial charge in [-0.25, -0.2) is 10.8 Å². The van der Waals surface area contributed by atoms with Crippen molar-refractivity contribution >= 4 is 17.7 Å². The van der Waals surface area contributed by atoms with Gasteiger partial charge in [-0.3, -0.25) is 15.0 Å². The number of hydrazine groups is 1. The third kappa shape index (κ3) is 3.28. The lowest BCUT2D eigenvalue weighted by Crippen LogP contribution is -2.30. The first-order valence-electron chi connectivity index (χ1n) is 5.80. The van der Waals surface area contributed by atoms with Gasteiger partial charge in [-0.05, 0) is 19.9 Å². The molecule has 106 valence electrons. The zero-order chi connectivity index (χ0) is 14.7. The average molecular weight is 294 g/mol. The summed E-state index contributed by atoms with van der Waals surface area (Å²) in [5, 5.41) is 0.508. The summed E-state index contributed by atoms with van der Waals surface area (Å²) in [6.45, 7) is 3.44. The SMILES string of the molecule is Cc1cc(=O)[nH]c(SCc2cc(C(=O)NN)c(C)o2)n1. The summed E-state index contributed by atoms with van der Waals surface area (Å²) >= 11 is 1.32. The van der Waals surface area contributed by atoms with Gasteiger partial charge in [0.2, 0.25) is 0 Å². The van der Waals surface area contributed by atoms with E-state index in [4.69, 9.17) is 10.3 Å². The van der Waals surface area contributed by atoms with Gasteiger partial charge in [-0.1, -0.05) is 11.8 Å². The molecule has 0 radical (unpaired) electrons. The van der Waals surface area contributed by atoms with Gasteiger partial charge < -0.3 is 9.40 Å². The Balaban J connectivity index is 2.11. The van der Waals surface area contributed by atoms with Gasteiger partial charge in [0.05, 0.1) is 11.3 Å². The second-order valence-electron chi connectivity index (χ2n) is 4.14. The van der Waals surface area contributed by atoms with Crippen molar-refractivity contribution in [2.24, 2.45) is 5.84 Å². The molecule has 2 aromatic rings. The molecule has 0 unspecified atom stereocenters. The highest BCUT2D eigenvalue weighted by molar-refractivity contribution is 7.98. The quantitative estimate of drug-likeness (QED) is 0.253. The largest absolute Gasteiger partial charge is 0.465 e. The number of nitrogens with zero attached hydrogens (tertiary/aromatic N) is 1. The number of rotatable bonds is 4. The molecule has 0 fully saturated rings. The maximum atomic E-state index is 11.4. The van der Waals surface area contributed by atoms with Crippen LogP contribution in [0.5, 0.6) is 0 Å². The van der Waals surface area contributed by atoms with E-state index < -0.39 is 5.91 Å². The number of hydrogen-bond acceptors (Lipinski definition) is 6. The summed E-state index contributed by atoms with van der Waals surface area (Å²) in [5.74, 6) is 6.24. The number of H-pyrrole nitrogens is 1. The molecular formula is C12H14N4O3S. The lowest BCUT2D eigenvalue weighted by atomic mass is 10.2. The van der Waals surface area contributed by atoms with Crippen molar-refractivity contribution in [2.75, 3.05) is 0 Å². The first-order valence-corrected chi connectivity index (χ1v) is 6.79. The smallest absolute Gasteiger partial charge is 0.268 e. The Kier molecular flexibility index (Phi) is 4.26. The van der Waals surface area contributed by atoms with Crippen molar-refractivity contribution in [3.8, 4) is 0 Å². The Bertz CT molecular complexity index is 692. The number of hydrogen-bond donors (Lipinski definition) is 3. The number of aromatic amines is 1. The molecule has 2 heterocycles.